The van der Waals surface area contributed by atoms with E-state index >= 15 is 0 Å². The van der Waals surface area contributed by atoms with Crippen molar-refractivity contribution in [2.24, 2.45) is 0 Å². The van der Waals surface area contributed by atoms with Gasteiger partial charge in [0.1, 0.15) is 0 Å². The predicted molar refractivity (Wildman–Crippen MR) is 186 cm³/mol. The highest BCUT2D eigenvalue weighted by Gasteiger charge is 2.19. The summed E-state index contributed by atoms with van der Waals surface area (Å²) in [4.78, 5) is 30.6. The van der Waals surface area contributed by atoms with E-state index in [4.69, 9.17) is 9.47 Å². The molecule has 0 amide bonds. The number of hydrogen-bond acceptors (Lipinski definition) is 6. The molecule has 6 nitrogen and oxygen atoms in total. The summed E-state index contributed by atoms with van der Waals surface area (Å²) in [5.74, 6) is -0.905. The van der Waals surface area contributed by atoms with Gasteiger partial charge >= 0.3 is 11.9 Å². The van der Waals surface area contributed by atoms with E-state index in [-0.39, 0.29) is 11.1 Å². The minimum atomic E-state index is -0.453. The SMILES string of the molecule is CCCCCCCCCCN(CC)CCCOC(=O)c1ccccc1C(=O)OCCCN(CC)CCCCCCCCCC. The molecule has 0 aliphatic carbocycles. The molecule has 254 valence electrons. The van der Waals surface area contributed by atoms with Gasteiger partial charge in [0.15, 0.2) is 0 Å². The first-order valence-electron chi connectivity index (χ1n) is 18.4. The van der Waals surface area contributed by atoms with Crippen LogP contribution in [0.5, 0.6) is 0 Å². The van der Waals surface area contributed by atoms with E-state index in [1.165, 1.54) is 103 Å². The summed E-state index contributed by atoms with van der Waals surface area (Å²) < 4.78 is 11.1. The standard InChI is InChI=1S/C38H68N2O4/c1-5-9-11-13-15-17-19-23-29-39(7-3)31-25-33-43-37(41)35-27-21-22-28-36(35)38(42)44-34-26-32-40(8-4)30-24-20-18-16-14-12-10-6-2/h21-22,27-28H,5-20,23-26,29-34H2,1-4H3. The Kier molecular flexibility index (Phi) is 26.0. The molecule has 0 fully saturated rings. The average Bonchev–Trinajstić information content (AvgIpc) is 3.05. The molecule has 0 aliphatic heterocycles. The number of unbranched alkanes of at least 4 members (excludes halogenated alkanes) is 14. The molecule has 6 heteroatoms. The average molecular weight is 617 g/mol. The quantitative estimate of drug-likeness (QED) is 0.0633. The summed E-state index contributed by atoms with van der Waals surface area (Å²) in [5, 5.41) is 0. The lowest BCUT2D eigenvalue weighted by molar-refractivity contribution is 0.0441. The first-order chi connectivity index (χ1) is 21.6. The third kappa shape index (κ3) is 20.2. The lowest BCUT2D eigenvalue weighted by atomic mass is 10.1. The third-order valence-electron chi connectivity index (χ3n) is 8.62. The van der Waals surface area contributed by atoms with Gasteiger partial charge < -0.3 is 19.3 Å². The van der Waals surface area contributed by atoms with Crippen molar-refractivity contribution in [3.05, 3.63) is 35.4 Å². The van der Waals surface area contributed by atoms with Crippen LogP contribution in [0.3, 0.4) is 0 Å². The Morgan fingerprint density at radius 1 is 0.477 bits per heavy atom. The Morgan fingerprint density at radius 3 is 1.14 bits per heavy atom. The molecule has 0 atom stereocenters. The lowest BCUT2D eigenvalue weighted by Gasteiger charge is -2.20. The van der Waals surface area contributed by atoms with Crippen LogP contribution in [0, 0.1) is 0 Å². The van der Waals surface area contributed by atoms with E-state index in [9.17, 15) is 9.59 Å². The maximum atomic E-state index is 12.8. The normalized spacial score (nSPS) is 11.4. The van der Waals surface area contributed by atoms with Gasteiger partial charge in [0.25, 0.3) is 0 Å². The highest BCUT2D eigenvalue weighted by atomic mass is 16.5. The third-order valence-corrected chi connectivity index (χ3v) is 8.62. The van der Waals surface area contributed by atoms with Gasteiger partial charge in [0, 0.05) is 13.1 Å². The lowest BCUT2D eigenvalue weighted by Crippen LogP contribution is -2.27. The largest absolute Gasteiger partial charge is 0.462 e. The summed E-state index contributed by atoms with van der Waals surface area (Å²) in [7, 11) is 0. The van der Waals surface area contributed by atoms with E-state index in [1.807, 2.05) is 0 Å². The van der Waals surface area contributed by atoms with Crippen molar-refractivity contribution in [2.75, 3.05) is 52.5 Å². The van der Waals surface area contributed by atoms with Gasteiger partial charge in [-0.25, -0.2) is 9.59 Å². The molecule has 1 aromatic carbocycles. The summed E-state index contributed by atoms with van der Waals surface area (Å²) >= 11 is 0. The van der Waals surface area contributed by atoms with E-state index in [1.54, 1.807) is 24.3 Å². The summed E-state index contributed by atoms with van der Waals surface area (Å²) in [6, 6.07) is 6.84. The van der Waals surface area contributed by atoms with Gasteiger partial charge in [-0.3, -0.25) is 0 Å². The molecule has 0 bridgehead atoms. The number of esters is 2. The molecule has 0 N–H and O–H groups in total. The Hall–Kier alpha value is -1.92. The van der Waals surface area contributed by atoms with Crippen LogP contribution in [0.1, 0.15) is 164 Å². The highest BCUT2D eigenvalue weighted by molar-refractivity contribution is 6.03. The second-order valence-corrected chi connectivity index (χ2v) is 12.3. The van der Waals surface area contributed by atoms with Gasteiger partial charge in [-0.1, -0.05) is 130 Å². The molecular weight excluding hydrogens is 548 g/mol. The summed E-state index contributed by atoms with van der Waals surface area (Å²) in [5.41, 5.74) is 0.572. The minimum Gasteiger partial charge on any atom is -0.462 e. The van der Waals surface area contributed by atoms with Crippen LogP contribution < -0.4 is 0 Å². The van der Waals surface area contributed by atoms with Crippen molar-refractivity contribution >= 4 is 11.9 Å². The molecule has 0 aliphatic rings. The topological polar surface area (TPSA) is 59.1 Å². The monoisotopic (exact) mass is 617 g/mol. The predicted octanol–water partition coefficient (Wildman–Crippen LogP) is 9.71. The molecule has 0 spiro atoms. The van der Waals surface area contributed by atoms with Gasteiger partial charge in [0.2, 0.25) is 0 Å². The van der Waals surface area contributed by atoms with Crippen LogP contribution in [0.25, 0.3) is 0 Å². The van der Waals surface area contributed by atoms with Crippen molar-refractivity contribution in [3.63, 3.8) is 0 Å². The van der Waals surface area contributed by atoms with Crippen LogP contribution in [-0.2, 0) is 9.47 Å². The number of ether oxygens (including phenoxy) is 2. The molecule has 0 heterocycles. The molecule has 1 rings (SSSR count). The Labute approximate surface area is 271 Å². The fourth-order valence-electron chi connectivity index (χ4n) is 5.70. The fourth-order valence-corrected chi connectivity index (χ4v) is 5.70. The zero-order valence-electron chi connectivity index (χ0n) is 29.2. The molecule has 0 unspecified atom stereocenters. The second kappa shape index (κ2) is 28.5. The van der Waals surface area contributed by atoms with Crippen LogP contribution in [-0.4, -0.2) is 74.2 Å². The Balaban J connectivity index is 2.28. The van der Waals surface area contributed by atoms with E-state index < -0.39 is 11.9 Å². The van der Waals surface area contributed by atoms with Crippen LogP contribution >= 0.6 is 0 Å². The Morgan fingerprint density at radius 2 is 0.795 bits per heavy atom. The molecule has 0 saturated carbocycles. The van der Waals surface area contributed by atoms with E-state index in [2.05, 4.69) is 37.5 Å². The van der Waals surface area contributed by atoms with E-state index in [0.29, 0.717) is 13.2 Å². The zero-order valence-corrected chi connectivity index (χ0v) is 29.2. The van der Waals surface area contributed by atoms with Gasteiger partial charge in [0.05, 0.1) is 24.3 Å². The van der Waals surface area contributed by atoms with Crippen molar-refractivity contribution < 1.29 is 19.1 Å². The number of carbonyl (C=O) groups is 2. The maximum Gasteiger partial charge on any atom is 0.339 e. The summed E-state index contributed by atoms with van der Waals surface area (Å²) in [6.45, 7) is 15.6. The van der Waals surface area contributed by atoms with Gasteiger partial charge in [-0.05, 0) is 64.0 Å². The first kappa shape index (κ1) is 40.1. The van der Waals surface area contributed by atoms with E-state index in [0.717, 1.165) is 52.1 Å². The first-order valence-corrected chi connectivity index (χ1v) is 18.4. The van der Waals surface area contributed by atoms with Gasteiger partial charge in [-0.2, -0.15) is 0 Å². The molecule has 0 aromatic heterocycles. The zero-order chi connectivity index (χ0) is 32.1. The van der Waals surface area contributed by atoms with Crippen molar-refractivity contribution in [1.82, 2.24) is 9.80 Å². The van der Waals surface area contributed by atoms with Crippen molar-refractivity contribution in [2.45, 2.75) is 143 Å². The van der Waals surface area contributed by atoms with Crippen LogP contribution in [0.4, 0.5) is 0 Å². The second-order valence-electron chi connectivity index (χ2n) is 12.3. The maximum absolute atomic E-state index is 12.8. The molecule has 0 saturated heterocycles. The van der Waals surface area contributed by atoms with Gasteiger partial charge in [-0.15, -0.1) is 0 Å². The summed E-state index contributed by atoms with van der Waals surface area (Å²) in [6.07, 6.45) is 22.8. The molecule has 0 radical (unpaired) electrons. The van der Waals surface area contributed by atoms with Crippen LogP contribution in [0.2, 0.25) is 0 Å². The number of benzene rings is 1. The number of rotatable bonds is 30. The molecule has 44 heavy (non-hydrogen) atoms. The molecule has 1 aromatic rings. The number of nitrogens with zero attached hydrogens (tertiary/aromatic N) is 2. The highest BCUT2D eigenvalue weighted by Crippen LogP contribution is 2.14. The minimum absolute atomic E-state index is 0.286. The Bertz CT molecular complexity index is 764. The molecular formula is C38H68N2O4. The fraction of sp³-hybridized carbons (Fsp3) is 0.789. The van der Waals surface area contributed by atoms with Crippen molar-refractivity contribution in [1.29, 1.82) is 0 Å². The van der Waals surface area contributed by atoms with Crippen LogP contribution in [0.15, 0.2) is 24.3 Å². The number of hydrogen-bond donors (Lipinski definition) is 0. The smallest absolute Gasteiger partial charge is 0.339 e. The van der Waals surface area contributed by atoms with Crippen molar-refractivity contribution in [3.8, 4) is 0 Å². The number of carbonyl (C=O) groups excluding carboxylic acids is 2.